The van der Waals surface area contributed by atoms with Gasteiger partial charge in [0.15, 0.2) is 0 Å². The van der Waals surface area contributed by atoms with Crippen LogP contribution in [0.5, 0.6) is 0 Å². The molecule has 4 aromatic rings. The zero-order valence-corrected chi connectivity index (χ0v) is 17.9. The van der Waals surface area contributed by atoms with E-state index in [0.29, 0.717) is 32.9 Å². The third-order valence-corrected chi connectivity index (χ3v) is 6.33. The molecule has 0 bridgehead atoms. The summed E-state index contributed by atoms with van der Waals surface area (Å²) < 4.78 is 26.0. The Kier molecular flexibility index (Phi) is 5.69. The number of halogens is 1. The Bertz CT molecular complexity index is 1380. The van der Waals surface area contributed by atoms with Gasteiger partial charge in [-0.05, 0) is 67.7 Å². The maximum atomic E-state index is 13.1. The van der Waals surface area contributed by atoms with Crippen molar-refractivity contribution in [3.63, 3.8) is 0 Å². The van der Waals surface area contributed by atoms with E-state index < -0.39 is 10.0 Å². The van der Waals surface area contributed by atoms with Crippen LogP contribution in [0.15, 0.2) is 78.0 Å². The fraction of sp³-hybridized carbons (Fsp3) is 0.0455. The quantitative estimate of drug-likeness (QED) is 0.474. The summed E-state index contributed by atoms with van der Waals surface area (Å²) >= 11 is 6.15. The number of amides is 1. The van der Waals surface area contributed by atoms with E-state index in [-0.39, 0.29) is 10.8 Å². The summed E-state index contributed by atoms with van der Waals surface area (Å²) in [7, 11) is -2.22. The number of anilines is 1. The Morgan fingerprint density at radius 3 is 2.48 bits per heavy atom. The first kappa shape index (κ1) is 20.9. The molecule has 2 aromatic carbocycles. The van der Waals surface area contributed by atoms with Crippen molar-refractivity contribution in [3.8, 4) is 11.3 Å². The number of rotatable bonds is 5. The zero-order valence-electron chi connectivity index (χ0n) is 16.3. The van der Waals surface area contributed by atoms with Crippen LogP contribution in [0.25, 0.3) is 22.2 Å². The molecule has 0 fully saturated rings. The van der Waals surface area contributed by atoms with Gasteiger partial charge in [-0.25, -0.2) is 18.1 Å². The SMILES string of the molecule is CNS(=O)(=O)c1ccc(NC(=O)c2cc(-c3cccnc3)nc3ccc(Cl)cc23)cc1. The second-order valence-electron chi connectivity index (χ2n) is 6.64. The molecular weight excluding hydrogens is 436 g/mol. The van der Waals surface area contributed by atoms with Crippen molar-refractivity contribution < 1.29 is 13.2 Å². The number of benzene rings is 2. The van der Waals surface area contributed by atoms with Gasteiger partial charge >= 0.3 is 0 Å². The first-order valence-electron chi connectivity index (χ1n) is 9.23. The maximum Gasteiger partial charge on any atom is 0.256 e. The Morgan fingerprint density at radius 1 is 1.03 bits per heavy atom. The molecule has 2 N–H and O–H groups in total. The van der Waals surface area contributed by atoms with E-state index in [1.54, 1.807) is 42.7 Å². The average molecular weight is 453 g/mol. The summed E-state index contributed by atoms with van der Waals surface area (Å²) in [4.78, 5) is 22.0. The van der Waals surface area contributed by atoms with Gasteiger partial charge in [0.25, 0.3) is 5.91 Å². The van der Waals surface area contributed by atoms with Crippen LogP contribution in [-0.2, 0) is 10.0 Å². The minimum absolute atomic E-state index is 0.105. The number of sulfonamides is 1. The molecule has 0 saturated heterocycles. The van der Waals surface area contributed by atoms with E-state index in [1.807, 2.05) is 6.07 Å². The molecule has 156 valence electrons. The topological polar surface area (TPSA) is 101 Å². The third-order valence-electron chi connectivity index (χ3n) is 4.66. The lowest BCUT2D eigenvalue weighted by atomic mass is 10.0. The van der Waals surface area contributed by atoms with E-state index >= 15 is 0 Å². The molecule has 0 atom stereocenters. The summed E-state index contributed by atoms with van der Waals surface area (Å²) in [6.45, 7) is 0. The van der Waals surface area contributed by atoms with E-state index in [4.69, 9.17) is 11.6 Å². The summed E-state index contributed by atoms with van der Waals surface area (Å²) in [5, 5.41) is 3.89. The summed E-state index contributed by atoms with van der Waals surface area (Å²) in [5.74, 6) is -0.371. The number of pyridine rings is 2. The highest BCUT2D eigenvalue weighted by molar-refractivity contribution is 7.89. The van der Waals surface area contributed by atoms with E-state index in [9.17, 15) is 13.2 Å². The fourth-order valence-electron chi connectivity index (χ4n) is 3.08. The highest BCUT2D eigenvalue weighted by atomic mass is 35.5. The average Bonchev–Trinajstić information content (AvgIpc) is 2.79. The van der Waals surface area contributed by atoms with Gasteiger partial charge in [-0.3, -0.25) is 9.78 Å². The first-order chi connectivity index (χ1) is 14.9. The van der Waals surface area contributed by atoms with Crippen LogP contribution < -0.4 is 10.0 Å². The van der Waals surface area contributed by atoms with Crippen LogP contribution in [0.2, 0.25) is 5.02 Å². The Hall–Kier alpha value is -3.33. The normalized spacial score (nSPS) is 11.4. The molecule has 0 spiro atoms. The van der Waals surface area contributed by atoms with Gasteiger partial charge in [0.1, 0.15) is 0 Å². The zero-order chi connectivity index (χ0) is 22.0. The van der Waals surface area contributed by atoms with Crippen molar-refractivity contribution in [1.29, 1.82) is 0 Å². The van der Waals surface area contributed by atoms with Crippen LogP contribution in [0, 0.1) is 0 Å². The lowest BCUT2D eigenvalue weighted by molar-refractivity contribution is 0.102. The van der Waals surface area contributed by atoms with E-state index in [1.165, 1.54) is 31.3 Å². The molecule has 7 nitrogen and oxygen atoms in total. The number of fused-ring (bicyclic) bond motifs is 1. The molecule has 2 aromatic heterocycles. The van der Waals surface area contributed by atoms with Gasteiger partial charge in [-0.1, -0.05) is 11.6 Å². The lowest BCUT2D eigenvalue weighted by Crippen LogP contribution is -2.18. The largest absolute Gasteiger partial charge is 0.322 e. The first-order valence-corrected chi connectivity index (χ1v) is 11.1. The van der Waals surface area contributed by atoms with Crippen LogP contribution >= 0.6 is 11.6 Å². The third kappa shape index (κ3) is 4.41. The maximum absolute atomic E-state index is 13.1. The van der Waals surface area contributed by atoms with Crippen molar-refractivity contribution >= 4 is 44.1 Å². The second-order valence-corrected chi connectivity index (χ2v) is 8.97. The van der Waals surface area contributed by atoms with E-state index in [0.717, 1.165) is 5.56 Å². The van der Waals surface area contributed by atoms with Gasteiger partial charge in [-0.15, -0.1) is 0 Å². The molecule has 0 aliphatic heterocycles. The monoisotopic (exact) mass is 452 g/mol. The molecule has 4 rings (SSSR count). The molecule has 0 aliphatic rings. The smallest absolute Gasteiger partial charge is 0.256 e. The van der Waals surface area contributed by atoms with Crippen LogP contribution in [0.4, 0.5) is 5.69 Å². The van der Waals surface area contributed by atoms with Crippen molar-refractivity contribution in [1.82, 2.24) is 14.7 Å². The molecule has 2 heterocycles. The Morgan fingerprint density at radius 2 is 1.81 bits per heavy atom. The molecule has 0 unspecified atom stereocenters. The minimum atomic E-state index is -3.56. The number of nitrogens with one attached hydrogen (secondary N) is 2. The molecular formula is C22H17ClN4O3S. The van der Waals surface area contributed by atoms with Gasteiger partial charge < -0.3 is 5.32 Å². The number of carbonyl (C=O) groups is 1. The second kappa shape index (κ2) is 8.43. The fourth-order valence-corrected chi connectivity index (χ4v) is 3.98. The standard InChI is InChI=1S/C22H17ClN4O3S/c1-24-31(29,30)17-7-5-16(6-8-17)26-22(28)19-12-21(14-3-2-10-25-13-14)27-20-9-4-15(23)11-18(19)20/h2-13,24H,1H3,(H,26,28). The highest BCUT2D eigenvalue weighted by Crippen LogP contribution is 2.27. The van der Waals surface area contributed by atoms with Crippen molar-refractivity contribution in [3.05, 3.63) is 83.6 Å². The molecule has 0 saturated carbocycles. The highest BCUT2D eigenvalue weighted by Gasteiger charge is 2.16. The summed E-state index contributed by atoms with van der Waals surface area (Å²) in [6.07, 6.45) is 3.34. The Balaban J connectivity index is 1.74. The van der Waals surface area contributed by atoms with Gasteiger partial charge in [0.2, 0.25) is 10.0 Å². The lowest BCUT2D eigenvalue weighted by Gasteiger charge is -2.11. The number of hydrogen-bond donors (Lipinski definition) is 2. The molecule has 1 amide bonds. The van der Waals surface area contributed by atoms with Crippen LogP contribution in [0.3, 0.4) is 0 Å². The summed E-state index contributed by atoms with van der Waals surface area (Å²) in [6, 6.07) is 16.4. The van der Waals surface area contributed by atoms with Gasteiger partial charge in [0, 0.05) is 34.1 Å². The van der Waals surface area contributed by atoms with Crippen LogP contribution in [0.1, 0.15) is 10.4 Å². The Labute approximate surface area is 184 Å². The van der Waals surface area contributed by atoms with Crippen molar-refractivity contribution in [2.24, 2.45) is 0 Å². The van der Waals surface area contributed by atoms with E-state index in [2.05, 4.69) is 20.0 Å². The molecule has 9 heteroatoms. The van der Waals surface area contributed by atoms with Gasteiger partial charge in [0.05, 0.1) is 21.7 Å². The summed E-state index contributed by atoms with van der Waals surface area (Å²) in [5.41, 5.74) is 2.83. The molecule has 0 aliphatic carbocycles. The molecule has 31 heavy (non-hydrogen) atoms. The predicted molar refractivity (Wildman–Crippen MR) is 121 cm³/mol. The number of nitrogens with zero attached hydrogens (tertiary/aromatic N) is 2. The van der Waals surface area contributed by atoms with Crippen molar-refractivity contribution in [2.75, 3.05) is 12.4 Å². The van der Waals surface area contributed by atoms with Crippen molar-refractivity contribution in [2.45, 2.75) is 4.90 Å². The minimum Gasteiger partial charge on any atom is -0.322 e. The van der Waals surface area contributed by atoms with Crippen LogP contribution in [-0.4, -0.2) is 31.3 Å². The number of aromatic nitrogens is 2. The number of carbonyl (C=O) groups excluding carboxylic acids is 1. The molecule has 0 radical (unpaired) electrons. The van der Waals surface area contributed by atoms with Gasteiger partial charge in [-0.2, -0.15) is 0 Å². The number of hydrogen-bond acceptors (Lipinski definition) is 5. The predicted octanol–water partition coefficient (Wildman–Crippen LogP) is 4.11.